The van der Waals surface area contributed by atoms with Gasteiger partial charge in [-0.1, -0.05) is 41.6 Å². The highest BCUT2D eigenvalue weighted by Gasteiger charge is 2.30. The van der Waals surface area contributed by atoms with Crippen LogP contribution < -0.4 is 14.2 Å². The summed E-state index contributed by atoms with van der Waals surface area (Å²) in [7, 11) is 4.57. The fourth-order valence-electron chi connectivity index (χ4n) is 5.26. The van der Waals surface area contributed by atoms with Gasteiger partial charge in [-0.05, 0) is 53.9 Å². The van der Waals surface area contributed by atoms with E-state index < -0.39 is 5.97 Å². The van der Waals surface area contributed by atoms with Gasteiger partial charge in [-0.15, -0.1) is 0 Å². The molecule has 1 fully saturated rings. The van der Waals surface area contributed by atoms with E-state index >= 15 is 0 Å². The third-order valence-corrected chi connectivity index (χ3v) is 8.77. The van der Waals surface area contributed by atoms with E-state index in [1.807, 2.05) is 17.8 Å². The van der Waals surface area contributed by atoms with Crippen LogP contribution in [0, 0.1) is 0 Å². The highest BCUT2D eigenvalue weighted by Crippen LogP contribution is 2.44. The van der Waals surface area contributed by atoms with E-state index in [0.29, 0.717) is 36.0 Å². The molecular weight excluding hydrogens is 536 g/mol. The largest absolute Gasteiger partial charge is 0.493 e. The molecule has 0 bridgehead atoms. The van der Waals surface area contributed by atoms with Crippen molar-refractivity contribution >= 4 is 29.3 Å². The average molecular weight is 569 g/mol. The van der Waals surface area contributed by atoms with Crippen molar-refractivity contribution in [3.8, 4) is 17.2 Å². The molecule has 2 aliphatic heterocycles. The van der Waals surface area contributed by atoms with Crippen LogP contribution in [-0.2, 0) is 11.2 Å². The van der Waals surface area contributed by atoms with Crippen LogP contribution in [0.25, 0.3) is 0 Å². The van der Waals surface area contributed by atoms with Crippen molar-refractivity contribution < 1.29 is 23.7 Å². The SMILES string of the molecule is COc1cc(C(=O)OCCN2CCN(C3Cc4ccccc4Sc4ccc(Cl)cc43)CC2)cc(OC)c1OC. The minimum absolute atomic E-state index is 0.273. The smallest absolute Gasteiger partial charge is 0.338 e. The molecule has 7 nitrogen and oxygen atoms in total. The molecule has 1 atom stereocenters. The quantitative estimate of drug-likeness (QED) is 0.326. The third-order valence-electron chi connectivity index (χ3n) is 7.33. The zero-order valence-electron chi connectivity index (χ0n) is 22.4. The Morgan fingerprint density at radius 2 is 1.64 bits per heavy atom. The maximum atomic E-state index is 12.7. The zero-order chi connectivity index (χ0) is 27.4. The fourth-order valence-corrected chi connectivity index (χ4v) is 6.55. The van der Waals surface area contributed by atoms with Gasteiger partial charge >= 0.3 is 5.97 Å². The Morgan fingerprint density at radius 3 is 2.33 bits per heavy atom. The molecule has 1 saturated heterocycles. The van der Waals surface area contributed by atoms with Crippen LogP contribution in [0.2, 0.25) is 5.02 Å². The normalized spacial score (nSPS) is 17.5. The van der Waals surface area contributed by atoms with Crippen molar-refractivity contribution in [2.45, 2.75) is 22.3 Å². The topological polar surface area (TPSA) is 60.5 Å². The molecule has 0 spiro atoms. The Kier molecular flexibility index (Phi) is 8.87. The summed E-state index contributed by atoms with van der Waals surface area (Å²) in [5, 5.41) is 0.776. The summed E-state index contributed by atoms with van der Waals surface area (Å²) in [6.45, 7) is 4.66. The summed E-state index contributed by atoms with van der Waals surface area (Å²) in [5.74, 6) is 0.857. The molecule has 206 valence electrons. The van der Waals surface area contributed by atoms with Crippen LogP contribution in [0.15, 0.2) is 64.4 Å². The number of ether oxygens (including phenoxy) is 4. The standard InChI is InChI=1S/C30H33ClN2O5S/c1-35-25-17-21(18-26(36-2)29(25)37-3)30(34)38-15-14-32-10-12-33(13-11-32)24-16-20-6-4-5-7-27(20)39-28-9-8-22(31)19-23(24)28/h4-9,17-19,24H,10-16H2,1-3H3. The second kappa shape index (κ2) is 12.5. The lowest BCUT2D eigenvalue weighted by Crippen LogP contribution is -2.48. The van der Waals surface area contributed by atoms with Gasteiger partial charge in [0, 0.05) is 53.6 Å². The van der Waals surface area contributed by atoms with Crippen LogP contribution in [0.4, 0.5) is 0 Å². The average Bonchev–Trinajstić information content (AvgIpc) is 3.13. The Morgan fingerprint density at radius 1 is 0.923 bits per heavy atom. The van der Waals surface area contributed by atoms with E-state index in [2.05, 4.69) is 46.2 Å². The van der Waals surface area contributed by atoms with Gasteiger partial charge in [0.15, 0.2) is 11.5 Å². The first-order valence-electron chi connectivity index (χ1n) is 13.0. The Hall–Kier alpha value is -2.91. The Labute approximate surface area is 238 Å². The monoisotopic (exact) mass is 568 g/mol. The number of fused-ring (bicyclic) bond motifs is 2. The summed E-state index contributed by atoms with van der Waals surface area (Å²) in [6, 6.07) is 18.4. The summed E-state index contributed by atoms with van der Waals surface area (Å²) >= 11 is 8.28. The molecule has 0 aromatic heterocycles. The molecule has 0 N–H and O–H groups in total. The number of halogens is 1. The van der Waals surface area contributed by atoms with Gasteiger partial charge in [-0.25, -0.2) is 4.79 Å². The first-order valence-corrected chi connectivity index (χ1v) is 14.2. The minimum atomic E-state index is -0.420. The van der Waals surface area contributed by atoms with Gasteiger partial charge in [-0.2, -0.15) is 0 Å². The van der Waals surface area contributed by atoms with Crippen LogP contribution in [-0.4, -0.2) is 76.4 Å². The first kappa shape index (κ1) is 27.6. The van der Waals surface area contributed by atoms with Crippen molar-refractivity contribution in [3.05, 3.63) is 76.3 Å². The molecule has 0 amide bonds. The van der Waals surface area contributed by atoms with Crippen LogP contribution in [0.1, 0.15) is 27.5 Å². The second-order valence-electron chi connectivity index (χ2n) is 9.54. The predicted octanol–water partition coefficient (Wildman–Crippen LogP) is 5.59. The number of rotatable bonds is 8. The maximum Gasteiger partial charge on any atom is 0.338 e. The fraction of sp³-hybridized carbons (Fsp3) is 0.367. The number of methoxy groups -OCH3 is 3. The van der Waals surface area contributed by atoms with Gasteiger partial charge in [0.2, 0.25) is 5.75 Å². The van der Waals surface area contributed by atoms with Crippen molar-refractivity contribution in [3.63, 3.8) is 0 Å². The number of hydrogen-bond acceptors (Lipinski definition) is 8. The molecule has 0 aliphatic carbocycles. The van der Waals surface area contributed by atoms with Crippen molar-refractivity contribution in [1.29, 1.82) is 0 Å². The van der Waals surface area contributed by atoms with Crippen LogP contribution in [0.5, 0.6) is 17.2 Å². The lowest BCUT2D eigenvalue weighted by molar-refractivity contribution is 0.0392. The minimum Gasteiger partial charge on any atom is -0.493 e. The first-order chi connectivity index (χ1) is 19.0. The number of carbonyl (C=O) groups is 1. The lowest BCUT2D eigenvalue weighted by Gasteiger charge is -2.39. The number of nitrogens with zero attached hydrogens (tertiary/aromatic N) is 2. The predicted molar refractivity (Wildman–Crippen MR) is 153 cm³/mol. The van der Waals surface area contributed by atoms with Crippen LogP contribution >= 0.6 is 23.4 Å². The molecule has 0 radical (unpaired) electrons. The van der Waals surface area contributed by atoms with Gasteiger partial charge in [0.05, 0.1) is 26.9 Å². The van der Waals surface area contributed by atoms with E-state index in [0.717, 1.165) is 37.6 Å². The molecule has 3 aromatic rings. The summed E-state index contributed by atoms with van der Waals surface area (Å²) in [6.07, 6.45) is 0.961. The molecular formula is C30H33ClN2O5S. The summed E-state index contributed by atoms with van der Waals surface area (Å²) < 4.78 is 21.6. The number of benzene rings is 3. The van der Waals surface area contributed by atoms with E-state index in [4.69, 9.17) is 30.5 Å². The van der Waals surface area contributed by atoms with Crippen molar-refractivity contribution in [1.82, 2.24) is 9.80 Å². The number of carbonyl (C=O) groups excluding carboxylic acids is 1. The van der Waals surface area contributed by atoms with E-state index in [1.165, 1.54) is 42.2 Å². The van der Waals surface area contributed by atoms with E-state index in [-0.39, 0.29) is 6.04 Å². The molecule has 5 rings (SSSR count). The third kappa shape index (κ3) is 6.14. The Bertz CT molecular complexity index is 1300. The van der Waals surface area contributed by atoms with Crippen molar-refractivity contribution in [2.75, 3.05) is 60.7 Å². The number of esters is 1. The molecule has 0 saturated carbocycles. The molecule has 2 heterocycles. The molecule has 1 unspecified atom stereocenters. The molecule has 2 aliphatic rings. The zero-order valence-corrected chi connectivity index (χ0v) is 24.0. The van der Waals surface area contributed by atoms with Gasteiger partial charge in [0.25, 0.3) is 0 Å². The molecule has 3 aromatic carbocycles. The van der Waals surface area contributed by atoms with Gasteiger partial charge in [0.1, 0.15) is 6.61 Å². The number of hydrogen-bond donors (Lipinski definition) is 0. The van der Waals surface area contributed by atoms with Crippen molar-refractivity contribution in [2.24, 2.45) is 0 Å². The summed E-state index contributed by atoms with van der Waals surface area (Å²) in [4.78, 5) is 20.2. The van der Waals surface area contributed by atoms with Gasteiger partial charge < -0.3 is 18.9 Å². The molecule has 9 heteroatoms. The maximum absolute atomic E-state index is 12.7. The Balaban J connectivity index is 1.19. The van der Waals surface area contributed by atoms with Gasteiger partial charge in [-0.3, -0.25) is 9.80 Å². The molecule has 39 heavy (non-hydrogen) atoms. The summed E-state index contributed by atoms with van der Waals surface area (Å²) in [5.41, 5.74) is 3.04. The second-order valence-corrected chi connectivity index (χ2v) is 11.1. The highest BCUT2D eigenvalue weighted by atomic mass is 35.5. The number of piperazine rings is 1. The van der Waals surface area contributed by atoms with E-state index in [1.54, 1.807) is 12.1 Å². The van der Waals surface area contributed by atoms with E-state index in [9.17, 15) is 4.79 Å². The highest BCUT2D eigenvalue weighted by molar-refractivity contribution is 7.99. The lowest BCUT2D eigenvalue weighted by atomic mass is 9.96. The van der Waals surface area contributed by atoms with Crippen LogP contribution in [0.3, 0.4) is 0 Å².